The molecular weight excluding hydrogens is 466 g/mol. The summed E-state index contributed by atoms with van der Waals surface area (Å²) in [5.41, 5.74) is 1.51. The van der Waals surface area contributed by atoms with Crippen LogP contribution in [0.3, 0.4) is 0 Å². The van der Waals surface area contributed by atoms with Gasteiger partial charge < -0.3 is 9.88 Å². The fraction of sp³-hybridized carbons (Fsp3) is 0.318. The molecule has 1 fully saturated rings. The van der Waals surface area contributed by atoms with Gasteiger partial charge in [0.05, 0.1) is 10.5 Å². The van der Waals surface area contributed by atoms with Crippen molar-refractivity contribution in [1.29, 1.82) is 0 Å². The molecule has 0 aliphatic carbocycles. The van der Waals surface area contributed by atoms with Crippen LogP contribution >= 0.6 is 15.9 Å². The number of carbonyl (C=O) groups excluding carboxylic acids is 1. The van der Waals surface area contributed by atoms with E-state index >= 15 is 0 Å². The third-order valence-corrected chi connectivity index (χ3v) is 8.01. The Bertz CT molecular complexity index is 1170. The van der Waals surface area contributed by atoms with Gasteiger partial charge in [0.2, 0.25) is 10.0 Å². The lowest BCUT2D eigenvalue weighted by atomic mass is 10.2. The van der Waals surface area contributed by atoms with E-state index in [1.807, 2.05) is 12.1 Å². The molecule has 30 heavy (non-hydrogen) atoms. The van der Waals surface area contributed by atoms with Gasteiger partial charge in [0.25, 0.3) is 5.91 Å². The Morgan fingerprint density at radius 1 is 1.07 bits per heavy atom. The highest BCUT2D eigenvalue weighted by molar-refractivity contribution is 9.10. The lowest BCUT2D eigenvalue weighted by molar-refractivity contribution is 0.0952. The zero-order valence-electron chi connectivity index (χ0n) is 16.6. The minimum Gasteiger partial charge on any atom is -0.352 e. The molecule has 1 aliphatic heterocycles. The molecule has 0 atom stereocenters. The second-order valence-corrected chi connectivity index (χ2v) is 10.2. The van der Waals surface area contributed by atoms with Gasteiger partial charge in [-0.15, -0.1) is 0 Å². The van der Waals surface area contributed by atoms with E-state index in [9.17, 15) is 13.2 Å². The number of fused-ring (bicyclic) bond motifs is 1. The van der Waals surface area contributed by atoms with Crippen molar-refractivity contribution < 1.29 is 13.2 Å². The van der Waals surface area contributed by atoms with E-state index in [-0.39, 0.29) is 10.8 Å². The van der Waals surface area contributed by atoms with Gasteiger partial charge in [-0.1, -0.05) is 18.2 Å². The van der Waals surface area contributed by atoms with Gasteiger partial charge in [-0.25, -0.2) is 8.42 Å². The van der Waals surface area contributed by atoms with Crippen LogP contribution in [-0.2, 0) is 16.6 Å². The van der Waals surface area contributed by atoms with E-state index in [1.165, 1.54) is 21.3 Å². The smallest absolute Gasteiger partial charge is 0.252 e. The van der Waals surface area contributed by atoms with Crippen LogP contribution in [0.15, 0.2) is 64.1 Å². The van der Waals surface area contributed by atoms with Crippen molar-refractivity contribution >= 4 is 42.8 Å². The number of halogens is 1. The Kier molecular flexibility index (Phi) is 6.26. The number of para-hydroxylation sites is 1. The molecule has 158 valence electrons. The Morgan fingerprint density at radius 3 is 2.63 bits per heavy atom. The highest BCUT2D eigenvalue weighted by Gasteiger charge is 2.28. The maximum Gasteiger partial charge on any atom is 0.252 e. The van der Waals surface area contributed by atoms with Gasteiger partial charge >= 0.3 is 0 Å². The summed E-state index contributed by atoms with van der Waals surface area (Å²) >= 11 is 3.38. The molecule has 4 rings (SSSR count). The average Bonchev–Trinajstić information content (AvgIpc) is 3.42. The molecule has 6 nitrogen and oxygen atoms in total. The number of amides is 1. The number of nitrogens with one attached hydrogen (secondary N) is 1. The van der Waals surface area contributed by atoms with Crippen molar-refractivity contribution in [3.05, 3.63) is 64.8 Å². The molecule has 1 aliphatic rings. The maximum atomic E-state index is 12.8. The van der Waals surface area contributed by atoms with Gasteiger partial charge in [0.15, 0.2) is 0 Å². The van der Waals surface area contributed by atoms with Gasteiger partial charge in [-0.2, -0.15) is 4.31 Å². The number of benzene rings is 2. The summed E-state index contributed by atoms with van der Waals surface area (Å²) < 4.78 is 29.8. The molecule has 1 N–H and O–H groups in total. The Balaban J connectivity index is 1.39. The summed E-state index contributed by atoms with van der Waals surface area (Å²) in [6.07, 6.45) is 4.57. The van der Waals surface area contributed by atoms with Gasteiger partial charge in [0, 0.05) is 42.4 Å². The van der Waals surface area contributed by atoms with E-state index < -0.39 is 10.0 Å². The Hall–Kier alpha value is -2.16. The van der Waals surface area contributed by atoms with E-state index in [0.29, 0.717) is 29.7 Å². The quantitative estimate of drug-likeness (QED) is 0.509. The van der Waals surface area contributed by atoms with Crippen LogP contribution < -0.4 is 5.32 Å². The van der Waals surface area contributed by atoms with Crippen LogP contribution in [0.5, 0.6) is 0 Å². The molecule has 0 bridgehead atoms. The number of hydrogen-bond donors (Lipinski definition) is 1. The van der Waals surface area contributed by atoms with Gasteiger partial charge in [-0.05, 0) is 70.9 Å². The summed E-state index contributed by atoms with van der Waals surface area (Å²) in [4.78, 5) is 12.8. The number of rotatable bonds is 7. The predicted octanol–water partition coefficient (Wildman–Crippen LogP) is 4.01. The minimum absolute atomic E-state index is 0.163. The van der Waals surface area contributed by atoms with Crippen LogP contribution in [0.1, 0.15) is 29.6 Å². The fourth-order valence-electron chi connectivity index (χ4n) is 3.80. The molecule has 1 saturated heterocycles. The van der Waals surface area contributed by atoms with Gasteiger partial charge in [0.1, 0.15) is 0 Å². The highest BCUT2D eigenvalue weighted by atomic mass is 79.9. The molecule has 1 aromatic heterocycles. The van der Waals surface area contributed by atoms with Crippen molar-refractivity contribution in [2.45, 2.75) is 30.7 Å². The lowest BCUT2D eigenvalue weighted by Gasteiger charge is -2.16. The molecule has 0 spiro atoms. The fourth-order valence-corrected chi connectivity index (χ4v) is 5.77. The number of sulfonamides is 1. The molecule has 0 saturated carbocycles. The molecule has 2 aromatic carbocycles. The molecule has 0 radical (unpaired) electrons. The normalized spacial score (nSPS) is 15.0. The van der Waals surface area contributed by atoms with E-state index in [0.717, 1.165) is 25.8 Å². The zero-order chi connectivity index (χ0) is 21.1. The molecule has 0 unspecified atom stereocenters. The monoisotopic (exact) mass is 489 g/mol. The molecule has 3 aromatic rings. The number of aryl methyl sites for hydroxylation is 1. The Labute approximate surface area is 185 Å². The number of aromatic nitrogens is 1. The van der Waals surface area contributed by atoms with E-state index in [2.05, 4.69) is 50.2 Å². The second kappa shape index (κ2) is 8.91. The van der Waals surface area contributed by atoms with Crippen LogP contribution in [-0.4, -0.2) is 42.8 Å². The van der Waals surface area contributed by atoms with Crippen molar-refractivity contribution in [2.24, 2.45) is 0 Å². The molecule has 8 heteroatoms. The molecule has 1 amide bonds. The SMILES string of the molecule is O=C(NCCCn1ccc2ccccc21)c1cc(S(=O)(=O)N2CCCC2)ccc1Br. The summed E-state index contributed by atoms with van der Waals surface area (Å²) in [5, 5.41) is 4.10. The van der Waals surface area contributed by atoms with E-state index in [4.69, 9.17) is 0 Å². The topological polar surface area (TPSA) is 71.4 Å². The first-order valence-corrected chi connectivity index (χ1v) is 12.3. The van der Waals surface area contributed by atoms with Crippen molar-refractivity contribution in [3.8, 4) is 0 Å². The third-order valence-electron chi connectivity index (χ3n) is 5.43. The van der Waals surface area contributed by atoms with Crippen LogP contribution in [0.25, 0.3) is 10.9 Å². The molecular formula is C22H24BrN3O3S. The lowest BCUT2D eigenvalue weighted by Crippen LogP contribution is -2.29. The number of hydrogen-bond acceptors (Lipinski definition) is 3. The first-order chi connectivity index (χ1) is 14.5. The molecule has 2 heterocycles. The summed E-state index contributed by atoms with van der Waals surface area (Å²) in [6.45, 7) is 2.36. The predicted molar refractivity (Wildman–Crippen MR) is 121 cm³/mol. The van der Waals surface area contributed by atoms with Crippen LogP contribution in [0, 0.1) is 0 Å². The Morgan fingerprint density at radius 2 is 1.83 bits per heavy atom. The summed E-state index contributed by atoms with van der Waals surface area (Å²) in [5.74, 6) is -0.280. The van der Waals surface area contributed by atoms with Crippen molar-refractivity contribution in [3.63, 3.8) is 0 Å². The average molecular weight is 490 g/mol. The van der Waals surface area contributed by atoms with Crippen LogP contribution in [0.4, 0.5) is 0 Å². The minimum atomic E-state index is -3.56. The number of nitrogens with zero attached hydrogens (tertiary/aromatic N) is 2. The second-order valence-electron chi connectivity index (χ2n) is 7.43. The van der Waals surface area contributed by atoms with Crippen LogP contribution in [0.2, 0.25) is 0 Å². The zero-order valence-corrected chi connectivity index (χ0v) is 19.0. The standard InChI is InChI=1S/C22H24BrN3O3S/c23-20-9-8-18(30(28,29)26-13-3-4-14-26)16-19(20)22(27)24-11-5-12-25-15-10-17-6-1-2-7-21(17)25/h1-2,6-10,15-16H,3-5,11-14H2,(H,24,27). The van der Waals surface area contributed by atoms with Crippen molar-refractivity contribution in [1.82, 2.24) is 14.2 Å². The summed E-state index contributed by atoms with van der Waals surface area (Å²) in [6, 6.07) is 14.9. The van der Waals surface area contributed by atoms with Crippen molar-refractivity contribution in [2.75, 3.05) is 19.6 Å². The van der Waals surface area contributed by atoms with Gasteiger partial charge in [-0.3, -0.25) is 4.79 Å². The number of carbonyl (C=O) groups is 1. The first-order valence-electron chi connectivity index (χ1n) is 10.1. The first kappa shape index (κ1) is 21.1. The maximum absolute atomic E-state index is 12.8. The van der Waals surface area contributed by atoms with E-state index in [1.54, 1.807) is 12.1 Å². The highest BCUT2D eigenvalue weighted by Crippen LogP contribution is 2.25. The largest absolute Gasteiger partial charge is 0.352 e. The summed E-state index contributed by atoms with van der Waals surface area (Å²) in [7, 11) is -3.56. The third kappa shape index (κ3) is 4.31.